The van der Waals surface area contributed by atoms with Crippen molar-refractivity contribution in [2.75, 3.05) is 5.32 Å². The Bertz CT molecular complexity index is 1300. The highest BCUT2D eigenvalue weighted by atomic mass is 16.2. The number of H-pyrrole nitrogens is 2. The Balaban J connectivity index is 1.41. The van der Waals surface area contributed by atoms with Gasteiger partial charge in [-0.25, -0.2) is 9.78 Å². The minimum Gasteiger partial charge on any atom is -0.338 e. The van der Waals surface area contributed by atoms with E-state index in [2.05, 4.69) is 20.3 Å². The Labute approximate surface area is 165 Å². The molecule has 0 saturated carbocycles. The van der Waals surface area contributed by atoms with E-state index in [0.717, 1.165) is 28.0 Å². The number of hydrogen-bond donors (Lipinski definition) is 3. The molecule has 8 nitrogen and oxygen atoms in total. The second kappa shape index (κ2) is 7.59. The number of hydrogen-bond acceptors (Lipinski definition) is 4. The molecule has 0 bridgehead atoms. The molecule has 2 heterocycles. The van der Waals surface area contributed by atoms with E-state index in [1.165, 1.54) is 16.8 Å². The van der Waals surface area contributed by atoms with Crippen LogP contribution in [-0.2, 0) is 11.3 Å². The van der Waals surface area contributed by atoms with Crippen LogP contribution < -0.4 is 16.6 Å². The summed E-state index contributed by atoms with van der Waals surface area (Å²) in [7, 11) is 0. The van der Waals surface area contributed by atoms with Crippen LogP contribution in [0.25, 0.3) is 22.4 Å². The lowest BCUT2D eigenvalue weighted by Gasteiger charge is -2.07. The van der Waals surface area contributed by atoms with E-state index in [-0.39, 0.29) is 18.9 Å². The molecule has 0 aliphatic heterocycles. The number of fused-ring (bicyclic) bond motifs is 1. The van der Waals surface area contributed by atoms with Crippen LogP contribution in [0.1, 0.15) is 12.0 Å². The molecule has 1 amide bonds. The van der Waals surface area contributed by atoms with Gasteiger partial charge in [-0.15, -0.1) is 0 Å². The van der Waals surface area contributed by atoms with Gasteiger partial charge in [0.15, 0.2) is 0 Å². The van der Waals surface area contributed by atoms with Gasteiger partial charge in [0.25, 0.3) is 5.56 Å². The second-order valence-corrected chi connectivity index (χ2v) is 6.79. The van der Waals surface area contributed by atoms with Gasteiger partial charge in [0, 0.05) is 36.5 Å². The number of aromatic amines is 2. The molecule has 0 fully saturated rings. The molecule has 0 spiro atoms. The summed E-state index contributed by atoms with van der Waals surface area (Å²) < 4.78 is 1.29. The highest BCUT2D eigenvalue weighted by molar-refractivity contribution is 5.91. The third kappa shape index (κ3) is 4.16. The first-order valence-electron chi connectivity index (χ1n) is 9.14. The summed E-state index contributed by atoms with van der Waals surface area (Å²) in [4.78, 5) is 44.9. The maximum Gasteiger partial charge on any atom is 0.328 e. The third-order valence-corrected chi connectivity index (χ3v) is 4.56. The Hall–Kier alpha value is -3.94. The van der Waals surface area contributed by atoms with Crippen LogP contribution in [0.3, 0.4) is 0 Å². The molecular weight excluding hydrogens is 370 g/mol. The zero-order valence-corrected chi connectivity index (χ0v) is 15.7. The summed E-state index contributed by atoms with van der Waals surface area (Å²) in [6.45, 7) is 2.21. The van der Waals surface area contributed by atoms with Crippen molar-refractivity contribution in [2.24, 2.45) is 0 Å². The maximum absolute atomic E-state index is 12.2. The van der Waals surface area contributed by atoms with Gasteiger partial charge in [0.2, 0.25) is 5.91 Å². The van der Waals surface area contributed by atoms with Crippen LogP contribution in [0.4, 0.5) is 5.69 Å². The molecule has 0 unspecified atom stereocenters. The van der Waals surface area contributed by atoms with Gasteiger partial charge in [-0.2, -0.15) is 0 Å². The van der Waals surface area contributed by atoms with E-state index in [0.29, 0.717) is 5.69 Å². The molecule has 2 aromatic carbocycles. The highest BCUT2D eigenvalue weighted by Gasteiger charge is 2.07. The number of aryl methyl sites for hydroxylation is 2. The fourth-order valence-electron chi connectivity index (χ4n) is 3.04. The van der Waals surface area contributed by atoms with Gasteiger partial charge in [0.05, 0.1) is 11.0 Å². The predicted molar refractivity (Wildman–Crippen MR) is 111 cm³/mol. The molecule has 146 valence electrons. The van der Waals surface area contributed by atoms with Crippen molar-refractivity contribution >= 4 is 22.6 Å². The average molecular weight is 389 g/mol. The first kappa shape index (κ1) is 18.4. The van der Waals surface area contributed by atoms with Gasteiger partial charge in [-0.05, 0) is 48.9 Å². The number of imidazole rings is 1. The molecule has 3 N–H and O–H groups in total. The summed E-state index contributed by atoms with van der Waals surface area (Å²) in [5.41, 5.74) is 3.62. The zero-order chi connectivity index (χ0) is 20.4. The Morgan fingerprint density at radius 1 is 1.07 bits per heavy atom. The van der Waals surface area contributed by atoms with Crippen LogP contribution in [0, 0.1) is 6.92 Å². The van der Waals surface area contributed by atoms with Crippen molar-refractivity contribution in [3.63, 3.8) is 0 Å². The van der Waals surface area contributed by atoms with Gasteiger partial charge < -0.3 is 14.9 Å². The summed E-state index contributed by atoms with van der Waals surface area (Å²) in [5, 5.41) is 2.80. The summed E-state index contributed by atoms with van der Waals surface area (Å²) in [6, 6.07) is 14.7. The van der Waals surface area contributed by atoms with Crippen LogP contribution in [0.15, 0.2) is 64.3 Å². The zero-order valence-electron chi connectivity index (χ0n) is 15.7. The smallest absolute Gasteiger partial charge is 0.328 e. The molecule has 8 heteroatoms. The minimum atomic E-state index is -0.532. The molecule has 4 aromatic rings. The normalized spacial score (nSPS) is 10.9. The standard InChI is InChI=1S/C21H19N5O3/c1-13-2-7-16-17(12-13)24-20(23-16)14-3-5-15(6-4-14)22-18(27)8-10-26-11-9-19(28)25-21(26)29/h2-7,9,11-12H,8,10H2,1H3,(H,22,27)(H,23,24)(H,25,28,29). The molecular formula is C21H19N5O3. The van der Waals surface area contributed by atoms with Crippen LogP contribution >= 0.6 is 0 Å². The number of carbonyl (C=O) groups is 1. The lowest BCUT2D eigenvalue weighted by molar-refractivity contribution is -0.116. The topological polar surface area (TPSA) is 113 Å². The molecule has 0 aliphatic carbocycles. The number of nitrogens with one attached hydrogen (secondary N) is 3. The summed E-state index contributed by atoms with van der Waals surface area (Å²) in [6.07, 6.45) is 1.48. The molecule has 29 heavy (non-hydrogen) atoms. The molecule has 2 aromatic heterocycles. The van der Waals surface area contributed by atoms with Crippen LogP contribution in [0.5, 0.6) is 0 Å². The predicted octanol–water partition coefficient (Wildman–Crippen LogP) is 2.42. The number of amides is 1. The number of rotatable bonds is 5. The number of anilines is 1. The Morgan fingerprint density at radius 2 is 1.86 bits per heavy atom. The maximum atomic E-state index is 12.2. The lowest BCUT2D eigenvalue weighted by Crippen LogP contribution is -2.29. The third-order valence-electron chi connectivity index (χ3n) is 4.56. The quantitative estimate of drug-likeness (QED) is 0.486. The first-order chi connectivity index (χ1) is 14.0. The van der Waals surface area contributed by atoms with Crippen molar-refractivity contribution < 1.29 is 4.79 Å². The van der Waals surface area contributed by atoms with E-state index in [1.807, 2.05) is 37.3 Å². The molecule has 0 saturated heterocycles. The van der Waals surface area contributed by atoms with Gasteiger partial charge in [-0.3, -0.25) is 14.6 Å². The molecule has 0 radical (unpaired) electrons. The fraction of sp³-hybridized carbons (Fsp3) is 0.143. The second-order valence-electron chi connectivity index (χ2n) is 6.79. The van der Waals surface area contributed by atoms with Crippen molar-refractivity contribution in [2.45, 2.75) is 19.9 Å². The Morgan fingerprint density at radius 3 is 2.62 bits per heavy atom. The average Bonchev–Trinajstić information content (AvgIpc) is 3.11. The van der Waals surface area contributed by atoms with E-state index in [1.54, 1.807) is 12.1 Å². The Kier molecular flexibility index (Phi) is 4.82. The van der Waals surface area contributed by atoms with E-state index >= 15 is 0 Å². The number of nitrogens with zero attached hydrogens (tertiary/aromatic N) is 2. The summed E-state index contributed by atoms with van der Waals surface area (Å²) >= 11 is 0. The number of benzene rings is 2. The monoisotopic (exact) mass is 389 g/mol. The van der Waals surface area contributed by atoms with Gasteiger partial charge in [0.1, 0.15) is 5.82 Å². The van der Waals surface area contributed by atoms with Crippen LogP contribution in [0.2, 0.25) is 0 Å². The van der Waals surface area contributed by atoms with E-state index < -0.39 is 11.2 Å². The fourth-order valence-corrected chi connectivity index (χ4v) is 3.04. The van der Waals surface area contributed by atoms with E-state index in [4.69, 9.17) is 0 Å². The van der Waals surface area contributed by atoms with E-state index in [9.17, 15) is 14.4 Å². The van der Waals surface area contributed by atoms with Gasteiger partial charge >= 0.3 is 5.69 Å². The van der Waals surface area contributed by atoms with Crippen molar-refractivity contribution in [3.05, 3.63) is 81.1 Å². The molecule has 0 aliphatic rings. The van der Waals surface area contributed by atoms with Crippen molar-refractivity contribution in [1.29, 1.82) is 0 Å². The highest BCUT2D eigenvalue weighted by Crippen LogP contribution is 2.22. The number of aromatic nitrogens is 4. The van der Waals surface area contributed by atoms with Gasteiger partial charge in [-0.1, -0.05) is 6.07 Å². The first-order valence-corrected chi connectivity index (χ1v) is 9.14. The molecule has 0 atom stereocenters. The minimum absolute atomic E-state index is 0.108. The summed E-state index contributed by atoms with van der Waals surface area (Å²) in [5.74, 6) is 0.538. The largest absolute Gasteiger partial charge is 0.338 e. The van der Waals surface area contributed by atoms with Crippen molar-refractivity contribution in [1.82, 2.24) is 19.5 Å². The van der Waals surface area contributed by atoms with Crippen molar-refractivity contribution in [3.8, 4) is 11.4 Å². The van der Waals surface area contributed by atoms with Crippen LogP contribution in [-0.4, -0.2) is 25.4 Å². The SMILES string of the molecule is Cc1ccc2nc(-c3ccc(NC(=O)CCn4ccc(=O)[nH]c4=O)cc3)[nH]c2c1. The lowest BCUT2D eigenvalue weighted by atomic mass is 10.2. The molecule has 4 rings (SSSR count). The number of carbonyl (C=O) groups excluding carboxylic acids is 1.